The van der Waals surface area contributed by atoms with Crippen LogP contribution in [-0.2, 0) is 5.41 Å². The Labute approximate surface area is 306 Å². The summed E-state index contributed by atoms with van der Waals surface area (Å²) in [5, 5.41) is 4.94. The highest BCUT2D eigenvalue weighted by Gasteiger charge is 2.40. The molecule has 1 aliphatic carbocycles. The number of benzene rings is 8. The van der Waals surface area contributed by atoms with E-state index in [1.54, 1.807) is 0 Å². The van der Waals surface area contributed by atoms with Gasteiger partial charge in [-0.1, -0.05) is 189 Å². The zero-order chi connectivity index (χ0) is 34.9. The third-order valence-electron chi connectivity index (χ3n) is 10.7. The first-order valence-electron chi connectivity index (χ1n) is 18.2. The molecule has 0 aliphatic heterocycles. The number of nitrogens with zero attached hydrogens (tertiary/aromatic N) is 1. The van der Waals surface area contributed by atoms with Crippen LogP contribution in [0.4, 0.5) is 11.4 Å². The van der Waals surface area contributed by atoms with E-state index in [0.29, 0.717) is 0 Å². The van der Waals surface area contributed by atoms with Crippen molar-refractivity contribution in [2.45, 2.75) is 18.3 Å². The fourth-order valence-corrected chi connectivity index (χ4v) is 8.33. The predicted molar refractivity (Wildman–Crippen MR) is 221 cm³/mol. The van der Waals surface area contributed by atoms with Gasteiger partial charge in [0.25, 0.3) is 0 Å². The highest BCUT2D eigenvalue weighted by Crippen LogP contribution is 2.51. The monoisotopic (exact) mass is 665 g/mol. The zero-order valence-corrected chi connectivity index (χ0v) is 29.1. The second kappa shape index (κ2) is 13.4. The SMILES string of the molecule is C=C(CCC1=CC(c2ccccc2)(c2ccccc2)c2ccccc21)N(c1cccc(-c2ccccc2)c1)c1cc2ccccc2c2ccccc12. The topological polar surface area (TPSA) is 3.24 Å². The molecule has 0 spiro atoms. The molecule has 1 nitrogen and oxygen atoms in total. The van der Waals surface area contributed by atoms with E-state index in [0.717, 1.165) is 29.9 Å². The van der Waals surface area contributed by atoms with Gasteiger partial charge in [-0.15, -0.1) is 0 Å². The number of rotatable bonds is 9. The van der Waals surface area contributed by atoms with E-state index in [1.165, 1.54) is 60.5 Å². The average Bonchev–Trinajstić information content (AvgIpc) is 3.56. The van der Waals surface area contributed by atoms with E-state index in [-0.39, 0.29) is 5.41 Å². The molecule has 0 N–H and O–H groups in total. The largest absolute Gasteiger partial charge is 0.314 e. The van der Waals surface area contributed by atoms with Crippen LogP contribution in [0, 0.1) is 0 Å². The molecule has 0 aromatic heterocycles. The van der Waals surface area contributed by atoms with E-state index in [4.69, 9.17) is 6.58 Å². The van der Waals surface area contributed by atoms with Gasteiger partial charge in [0, 0.05) is 16.8 Å². The third-order valence-corrected chi connectivity index (χ3v) is 10.7. The van der Waals surface area contributed by atoms with E-state index in [1.807, 2.05) is 0 Å². The molecule has 8 aromatic carbocycles. The molecule has 0 saturated heterocycles. The summed E-state index contributed by atoms with van der Waals surface area (Å²) >= 11 is 0. The maximum Gasteiger partial charge on any atom is 0.0643 e. The van der Waals surface area contributed by atoms with Crippen molar-refractivity contribution in [1.82, 2.24) is 0 Å². The Kier molecular flexibility index (Phi) is 8.10. The molecule has 0 amide bonds. The van der Waals surface area contributed by atoms with Crippen molar-refractivity contribution in [3.63, 3.8) is 0 Å². The normalized spacial score (nSPS) is 13.1. The van der Waals surface area contributed by atoms with Crippen LogP contribution in [-0.4, -0.2) is 0 Å². The lowest BCUT2D eigenvalue weighted by Crippen LogP contribution is -2.25. The number of anilines is 2. The minimum atomic E-state index is -0.367. The second-order valence-corrected chi connectivity index (χ2v) is 13.7. The van der Waals surface area contributed by atoms with E-state index < -0.39 is 0 Å². The van der Waals surface area contributed by atoms with Crippen molar-refractivity contribution in [1.29, 1.82) is 0 Å². The van der Waals surface area contributed by atoms with Crippen LogP contribution >= 0.6 is 0 Å². The summed E-state index contributed by atoms with van der Waals surface area (Å²) in [6, 6.07) is 70.3. The molecule has 0 bridgehead atoms. The molecular formula is C51H39N. The van der Waals surface area contributed by atoms with Gasteiger partial charge in [0.15, 0.2) is 0 Å². The maximum absolute atomic E-state index is 4.87. The van der Waals surface area contributed by atoms with Crippen molar-refractivity contribution in [2.24, 2.45) is 0 Å². The first-order valence-corrected chi connectivity index (χ1v) is 18.2. The molecule has 0 heterocycles. The van der Waals surface area contributed by atoms with Crippen molar-refractivity contribution in [2.75, 3.05) is 4.90 Å². The summed E-state index contributed by atoms with van der Waals surface area (Å²) in [6.07, 6.45) is 4.18. The Hall–Kier alpha value is -6.44. The molecule has 0 unspecified atom stereocenters. The molecule has 9 rings (SSSR count). The minimum Gasteiger partial charge on any atom is -0.314 e. The molecule has 0 atom stereocenters. The third kappa shape index (κ3) is 5.43. The van der Waals surface area contributed by atoms with Crippen LogP contribution in [0.5, 0.6) is 0 Å². The molecule has 248 valence electrons. The van der Waals surface area contributed by atoms with Crippen molar-refractivity contribution >= 4 is 38.5 Å². The standard InChI is InChI=1S/C51H39N/c1-37(32-33-41-36-51(42-22-7-3-8-23-42,43-24-9-4-10-25-43)49-31-16-15-28-46(41)49)52(44-26-17-21-39(34-44)38-18-5-2-6-19-38)50-35-40-20-11-12-27-45(40)47-29-13-14-30-48(47)50/h2-31,34-36H,1,32-33H2. The van der Waals surface area contributed by atoms with Gasteiger partial charge in [0.1, 0.15) is 0 Å². The van der Waals surface area contributed by atoms with Gasteiger partial charge in [-0.2, -0.15) is 0 Å². The van der Waals surface area contributed by atoms with Crippen LogP contribution in [0.15, 0.2) is 212 Å². The molecule has 0 saturated carbocycles. The van der Waals surface area contributed by atoms with Gasteiger partial charge in [-0.25, -0.2) is 0 Å². The summed E-state index contributed by atoms with van der Waals surface area (Å²) in [5.41, 5.74) is 11.9. The van der Waals surface area contributed by atoms with Gasteiger partial charge in [-0.05, 0) is 86.2 Å². The lowest BCUT2D eigenvalue weighted by molar-refractivity contribution is 0.793. The van der Waals surface area contributed by atoms with Gasteiger partial charge >= 0.3 is 0 Å². The van der Waals surface area contributed by atoms with E-state index >= 15 is 0 Å². The highest BCUT2D eigenvalue weighted by atomic mass is 15.1. The Morgan fingerprint density at radius 3 is 1.81 bits per heavy atom. The smallest absolute Gasteiger partial charge is 0.0643 e. The van der Waals surface area contributed by atoms with Gasteiger partial charge in [-0.3, -0.25) is 0 Å². The van der Waals surface area contributed by atoms with Gasteiger partial charge < -0.3 is 4.90 Å². The number of hydrogen-bond acceptors (Lipinski definition) is 1. The van der Waals surface area contributed by atoms with Crippen LogP contribution in [0.25, 0.3) is 38.2 Å². The number of hydrogen-bond donors (Lipinski definition) is 0. The molecular weight excluding hydrogens is 627 g/mol. The van der Waals surface area contributed by atoms with Gasteiger partial charge in [0.05, 0.1) is 11.1 Å². The quantitative estimate of drug-likeness (QED) is 0.139. The molecule has 8 aromatic rings. The van der Waals surface area contributed by atoms with Crippen molar-refractivity contribution in [3.05, 3.63) is 235 Å². The Morgan fingerprint density at radius 1 is 0.500 bits per heavy atom. The molecule has 0 fully saturated rings. The Balaban J connectivity index is 1.17. The lowest BCUT2D eigenvalue weighted by atomic mass is 9.71. The predicted octanol–water partition coefficient (Wildman–Crippen LogP) is 13.5. The summed E-state index contributed by atoms with van der Waals surface area (Å²) < 4.78 is 0. The Bertz CT molecular complexity index is 2540. The first kappa shape index (κ1) is 31.5. The van der Waals surface area contributed by atoms with Crippen LogP contribution in [0.1, 0.15) is 35.1 Å². The summed E-state index contributed by atoms with van der Waals surface area (Å²) in [5.74, 6) is 0. The van der Waals surface area contributed by atoms with E-state index in [2.05, 4.69) is 205 Å². The van der Waals surface area contributed by atoms with Crippen LogP contribution in [0.3, 0.4) is 0 Å². The van der Waals surface area contributed by atoms with Crippen LogP contribution < -0.4 is 4.90 Å². The number of allylic oxidation sites excluding steroid dienone is 3. The average molecular weight is 666 g/mol. The fraction of sp³-hybridized carbons (Fsp3) is 0.0588. The zero-order valence-electron chi connectivity index (χ0n) is 29.1. The van der Waals surface area contributed by atoms with Crippen molar-refractivity contribution < 1.29 is 0 Å². The molecule has 1 heteroatoms. The minimum absolute atomic E-state index is 0.367. The van der Waals surface area contributed by atoms with Crippen LogP contribution in [0.2, 0.25) is 0 Å². The summed E-state index contributed by atoms with van der Waals surface area (Å²) in [7, 11) is 0. The van der Waals surface area contributed by atoms with Gasteiger partial charge in [0.2, 0.25) is 0 Å². The molecule has 0 radical (unpaired) electrons. The maximum atomic E-state index is 4.87. The van der Waals surface area contributed by atoms with Crippen molar-refractivity contribution in [3.8, 4) is 11.1 Å². The fourth-order valence-electron chi connectivity index (χ4n) is 8.33. The molecule has 52 heavy (non-hydrogen) atoms. The highest BCUT2D eigenvalue weighted by molar-refractivity contribution is 6.14. The summed E-state index contributed by atoms with van der Waals surface area (Å²) in [4.78, 5) is 2.41. The van der Waals surface area contributed by atoms with E-state index in [9.17, 15) is 0 Å². The Morgan fingerprint density at radius 2 is 1.08 bits per heavy atom. The molecule has 1 aliphatic rings. The number of fused-ring (bicyclic) bond motifs is 4. The second-order valence-electron chi connectivity index (χ2n) is 13.7. The lowest BCUT2D eigenvalue weighted by Gasteiger charge is -2.31. The first-order chi connectivity index (χ1) is 25.7. The summed E-state index contributed by atoms with van der Waals surface area (Å²) in [6.45, 7) is 4.87.